The van der Waals surface area contributed by atoms with Crippen LogP contribution in [0.4, 0.5) is 9.93 Å². The van der Waals surface area contributed by atoms with E-state index in [1.165, 1.54) is 10.3 Å². The Hall–Kier alpha value is -1.82. The Morgan fingerprint density at radius 1 is 1.29 bits per heavy atom. The second-order valence-corrected chi connectivity index (χ2v) is 7.67. The van der Waals surface area contributed by atoms with Gasteiger partial charge in [-0.2, -0.15) is 0 Å². The van der Waals surface area contributed by atoms with Crippen molar-refractivity contribution in [2.45, 2.75) is 32.2 Å². The van der Waals surface area contributed by atoms with Gasteiger partial charge in [0.05, 0.1) is 10.2 Å². The number of benzene rings is 1. The Morgan fingerprint density at radius 2 is 2.00 bits per heavy atom. The Balaban J connectivity index is 1.67. The molecule has 0 atom stereocenters. The summed E-state index contributed by atoms with van der Waals surface area (Å²) in [6, 6.07) is 6.95. The first-order chi connectivity index (χ1) is 11.5. The molecular formula is C18H26N4OS. The lowest BCUT2D eigenvalue weighted by Crippen LogP contribution is -2.48. The van der Waals surface area contributed by atoms with Crippen LogP contribution in [0, 0.1) is 0 Å². The van der Waals surface area contributed by atoms with Crippen LogP contribution < -0.4 is 4.90 Å². The molecular weight excluding hydrogens is 320 g/mol. The summed E-state index contributed by atoms with van der Waals surface area (Å²) in [5.74, 6) is 0. The number of nitrogens with zero attached hydrogens (tertiary/aromatic N) is 4. The lowest BCUT2D eigenvalue weighted by atomic mass is 10.0. The average molecular weight is 347 g/mol. The molecule has 0 N–H and O–H groups in total. The van der Waals surface area contributed by atoms with E-state index in [9.17, 15) is 4.79 Å². The molecule has 1 saturated heterocycles. The van der Waals surface area contributed by atoms with Gasteiger partial charge in [-0.15, -0.1) is 0 Å². The van der Waals surface area contributed by atoms with Gasteiger partial charge in [0.15, 0.2) is 5.13 Å². The fourth-order valence-corrected chi connectivity index (χ4v) is 4.31. The fraction of sp³-hybridized carbons (Fsp3) is 0.556. The predicted molar refractivity (Wildman–Crippen MR) is 101 cm³/mol. The Morgan fingerprint density at radius 3 is 2.62 bits per heavy atom. The number of hydrogen-bond acceptors (Lipinski definition) is 4. The molecule has 2 aromatic rings. The van der Waals surface area contributed by atoms with Gasteiger partial charge in [-0.1, -0.05) is 24.3 Å². The number of rotatable bonds is 3. The number of piperidine rings is 1. The molecule has 1 aromatic carbocycles. The number of hydrogen-bond donors (Lipinski definition) is 0. The maximum Gasteiger partial charge on any atom is 0.319 e. The molecule has 5 nitrogen and oxygen atoms in total. The van der Waals surface area contributed by atoms with Crippen molar-refractivity contribution in [1.82, 2.24) is 14.8 Å². The van der Waals surface area contributed by atoms with Gasteiger partial charge in [-0.3, -0.25) is 0 Å². The third kappa shape index (κ3) is 3.34. The molecule has 1 aromatic heterocycles. The number of urea groups is 1. The van der Waals surface area contributed by atoms with Crippen molar-refractivity contribution >= 4 is 32.7 Å². The van der Waals surface area contributed by atoms with E-state index in [0.717, 1.165) is 43.0 Å². The summed E-state index contributed by atoms with van der Waals surface area (Å²) >= 11 is 1.78. The summed E-state index contributed by atoms with van der Waals surface area (Å²) in [4.78, 5) is 22.8. The average Bonchev–Trinajstić information content (AvgIpc) is 3.03. The van der Waals surface area contributed by atoms with Gasteiger partial charge in [-0.05, 0) is 37.0 Å². The Kier molecular flexibility index (Phi) is 4.94. The molecule has 1 aliphatic heterocycles. The number of carbonyl (C=O) groups is 1. The summed E-state index contributed by atoms with van der Waals surface area (Å²) in [5, 5.41) is 1.11. The van der Waals surface area contributed by atoms with Crippen molar-refractivity contribution in [1.29, 1.82) is 0 Å². The second-order valence-electron chi connectivity index (χ2n) is 6.66. The maximum atomic E-state index is 12.1. The molecule has 3 rings (SSSR count). The first-order valence-corrected chi connectivity index (χ1v) is 9.39. The standard InChI is InChI=1S/C18H26N4OS/c1-5-13-6-7-15-16(12-13)24-17(19-15)22-10-8-14(9-11-22)21(4)18(23)20(2)3/h6-7,12,14H,5,8-11H2,1-4H3. The largest absolute Gasteiger partial charge is 0.348 e. The quantitative estimate of drug-likeness (QED) is 0.855. The van der Waals surface area contributed by atoms with Crippen molar-refractivity contribution in [2.75, 3.05) is 39.1 Å². The van der Waals surface area contributed by atoms with Crippen molar-refractivity contribution in [3.8, 4) is 0 Å². The maximum absolute atomic E-state index is 12.1. The number of fused-ring (bicyclic) bond motifs is 1. The first-order valence-electron chi connectivity index (χ1n) is 8.58. The SMILES string of the molecule is CCc1ccc2nc(N3CCC(N(C)C(=O)N(C)C)CC3)sc2c1. The highest BCUT2D eigenvalue weighted by atomic mass is 32.1. The molecule has 1 aliphatic rings. The van der Waals surface area contributed by atoms with Crippen LogP contribution in [0.15, 0.2) is 18.2 Å². The summed E-state index contributed by atoms with van der Waals surface area (Å²) in [5.41, 5.74) is 2.45. The predicted octanol–water partition coefficient (Wildman–Crippen LogP) is 3.44. The van der Waals surface area contributed by atoms with Crippen LogP contribution in [0.5, 0.6) is 0 Å². The number of thiazole rings is 1. The summed E-state index contributed by atoms with van der Waals surface area (Å²) < 4.78 is 1.27. The van der Waals surface area contributed by atoms with E-state index in [4.69, 9.17) is 4.98 Å². The van der Waals surface area contributed by atoms with Crippen LogP contribution in [0.3, 0.4) is 0 Å². The fourth-order valence-electron chi connectivity index (χ4n) is 3.23. The summed E-state index contributed by atoms with van der Waals surface area (Å²) in [6.07, 6.45) is 3.04. The molecule has 0 spiro atoms. The van der Waals surface area contributed by atoms with E-state index in [0.29, 0.717) is 6.04 Å². The number of aryl methyl sites for hydroxylation is 1. The summed E-state index contributed by atoms with van der Waals surface area (Å²) in [6.45, 7) is 4.09. The van der Waals surface area contributed by atoms with Crippen LogP contribution in [-0.2, 0) is 6.42 Å². The monoisotopic (exact) mass is 346 g/mol. The molecule has 2 heterocycles. The highest BCUT2D eigenvalue weighted by molar-refractivity contribution is 7.22. The lowest BCUT2D eigenvalue weighted by molar-refractivity contribution is 0.155. The molecule has 24 heavy (non-hydrogen) atoms. The number of anilines is 1. The smallest absolute Gasteiger partial charge is 0.319 e. The Labute approximate surface area is 147 Å². The van der Waals surface area contributed by atoms with Gasteiger partial charge < -0.3 is 14.7 Å². The van der Waals surface area contributed by atoms with Crippen molar-refractivity contribution in [2.24, 2.45) is 0 Å². The molecule has 1 fully saturated rings. The van der Waals surface area contributed by atoms with Crippen molar-refractivity contribution in [3.05, 3.63) is 23.8 Å². The van der Waals surface area contributed by atoms with Crippen LogP contribution in [0.2, 0.25) is 0 Å². The summed E-state index contributed by atoms with van der Waals surface area (Å²) in [7, 11) is 5.52. The zero-order valence-corrected chi connectivity index (χ0v) is 15.8. The van der Waals surface area contributed by atoms with E-state index < -0.39 is 0 Å². The normalized spacial score (nSPS) is 15.8. The van der Waals surface area contributed by atoms with Crippen LogP contribution in [0.25, 0.3) is 10.2 Å². The highest BCUT2D eigenvalue weighted by Gasteiger charge is 2.27. The van der Waals surface area contributed by atoms with Gasteiger partial charge in [0.1, 0.15) is 0 Å². The zero-order valence-electron chi connectivity index (χ0n) is 15.0. The minimum atomic E-state index is 0.0838. The third-order valence-electron chi connectivity index (χ3n) is 4.82. The lowest BCUT2D eigenvalue weighted by Gasteiger charge is -2.37. The van der Waals surface area contributed by atoms with Crippen LogP contribution in [0.1, 0.15) is 25.3 Å². The van der Waals surface area contributed by atoms with Crippen LogP contribution in [-0.4, -0.2) is 61.1 Å². The van der Waals surface area contributed by atoms with Crippen molar-refractivity contribution in [3.63, 3.8) is 0 Å². The van der Waals surface area contributed by atoms with E-state index in [-0.39, 0.29) is 6.03 Å². The molecule has 130 valence electrons. The van der Waals surface area contributed by atoms with E-state index in [1.807, 2.05) is 11.9 Å². The van der Waals surface area contributed by atoms with Gasteiger partial charge in [0.2, 0.25) is 0 Å². The number of amides is 2. The molecule has 2 amide bonds. The second kappa shape index (κ2) is 6.97. The number of aromatic nitrogens is 1. The van der Waals surface area contributed by atoms with Gasteiger partial charge in [-0.25, -0.2) is 9.78 Å². The van der Waals surface area contributed by atoms with E-state index >= 15 is 0 Å². The molecule has 0 bridgehead atoms. The van der Waals surface area contributed by atoms with Crippen LogP contribution >= 0.6 is 11.3 Å². The van der Waals surface area contributed by atoms with E-state index in [2.05, 4.69) is 30.0 Å². The molecule has 0 saturated carbocycles. The minimum Gasteiger partial charge on any atom is -0.348 e. The van der Waals surface area contributed by atoms with Gasteiger partial charge in [0, 0.05) is 40.3 Å². The topological polar surface area (TPSA) is 39.7 Å². The first kappa shape index (κ1) is 17.0. The van der Waals surface area contributed by atoms with E-state index in [1.54, 1.807) is 30.3 Å². The molecule has 0 unspecified atom stereocenters. The minimum absolute atomic E-state index is 0.0838. The van der Waals surface area contributed by atoms with Gasteiger partial charge >= 0.3 is 6.03 Å². The zero-order chi connectivity index (χ0) is 17.3. The molecule has 0 aliphatic carbocycles. The number of carbonyl (C=O) groups excluding carboxylic acids is 1. The van der Waals surface area contributed by atoms with Crippen molar-refractivity contribution < 1.29 is 4.79 Å². The third-order valence-corrected chi connectivity index (χ3v) is 5.90. The van der Waals surface area contributed by atoms with Gasteiger partial charge in [0.25, 0.3) is 0 Å². The Bertz CT molecular complexity index is 719. The highest BCUT2D eigenvalue weighted by Crippen LogP contribution is 2.31. The molecule has 0 radical (unpaired) electrons. The molecule has 6 heteroatoms.